The van der Waals surface area contributed by atoms with E-state index in [0.717, 1.165) is 11.1 Å². The van der Waals surface area contributed by atoms with Crippen LogP contribution in [0.4, 0.5) is 16.2 Å². The van der Waals surface area contributed by atoms with E-state index in [1.54, 1.807) is 16.8 Å². The average molecular weight is 474 g/mol. The average Bonchev–Trinajstić information content (AvgIpc) is 3.27. The Morgan fingerprint density at radius 2 is 2.00 bits per heavy atom. The number of anilines is 2. The summed E-state index contributed by atoms with van der Waals surface area (Å²) in [6.45, 7) is 4.43. The van der Waals surface area contributed by atoms with Crippen molar-refractivity contribution in [3.63, 3.8) is 0 Å². The lowest BCUT2D eigenvalue weighted by molar-refractivity contribution is 0.0972. The monoisotopic (exact) mass is 473 g/mol. The normalized spacial score (nSPS) is 14.1. The molecule has 178 valence electrons. The standard InChI is InChI=1S/C25H24FN7O2/c1-17-4-2-5-18(12-17)14-28-31-23-22-24(30-25(29-23)32-8-10-35-11-9-32)33(16-27-22)15-21(34)19-6-3-7-20(26)13-19/h2-7,12-14,16H,8-11,15H2,1H3,(H,29,30,31). The number of benzene rings is 2. The molecule has 4 aromatic rings. The summed E-state index contributed by atoms with van der Waals surface area (Å²) in [5, 5.41) is 4.35. The number of nitrogens with zero attached hydrogens (tertiary/aromatic N) is 6. The number of halogens is 1. The van der Waals surface area contributed by atoms with Gasteiger partial charge in [-0.1, -0.05) is 42.0 Å². The van der Waals surface area contributed by atoms with Crippen LogP contribution in [0.25, 0.3) is 11.2 Å². The number of nitrogens with one attached hydrogen (secondary N) is 1. The molecule has 3 heterocycles. The first-order valence-electron chi connectivity index (χ1n) is 11.3. The molecule has 0 spiro atoms. The fourth-order valence-corrected chi connectivity index (χ4v) is 3.86. The van der Waals surface area contributed by atoms with E-state index in [2.05, 4.69) is 20.5 Å². The van der Waals surface area contributed by atoms with Crippen molar-refractivity contribution in [2.24, 2.45) is 5.10 Å². The third kappa shape index (κ3) is 5.17. The Hall–Kier alpha value is -4.18. The van der Waals surface area contributed by atoms with Gasteiger partial charge in [-0.2, -0.15) is 15.1 Å². The van der Waals surface area contributed by atoms with E-state index in [4.69, 9.17) is 9.72 Å². The molecule has 1 aliphatic rings. The number of aryl methyl sites for hydroxylation is 1. The van der Waals surface area contributed by atoms with E-state index in [1.165, 1.54) is 24.5 Å². The number of hydrazone groups is 1. The molecule has 0 aliphatic carbocycles. The van der Waals surface area contributed by atoms with Gasteiger partial charge in [-0.15, -0.1) is 0 Å². The number of ether oxygens (including phenoxy) is 1. The third-order valence-corrected chi connectivity index (χ3v) is 5.63. The van der Waals surface area contributed by atoms with Gasteiger partial charge in [0.15, 0.2) is 22.8 Å². The summed E-state index contributed by atoms with van der Waals surface area (Å²) in [6, 6.07) is 13.6. The molecule has 0 radical (unpaired) electrons. The maximum atomic E-state index is 13.6. The molecule has 0 amide bonds. The molecule has 0 saturated carbocycles. The zero-order valence-corrected chi connectivity index (χ0v) is 19.2. The van der Waals surface area contributed by atoms with Crippen molar-refractivity contribution >= 4 is 34.9 Å². The van der Waals surface area contributed by atoms with Gasteiger partial charge < -0.3 is 14.2 Å². The van der Waals surface area contributed by atoms with Crippen LogP contribution in [0.1, 0.15) is 21.5 Å². The zero-order valence-electron chi connectivity index (χ0n) is 19.2. The predicted molar refractivity (Wildman–Crippen MR) is 131 cm³/mol. The minimum Gasteiger partial charge on any atom is -0.378 e. The van der Waals surface area contributed by atoms with Gasteiger partial charge in [-0.3, -0.25) is 10.2 Å². The highest BCUT2D eigenvalue weighted by molar-refractivity contribution is 5.97. The number of aromatic nitrogens is 4. The Balaban J connectivity index is 1.48. The summed E-state index contributed by atoms with van der Waals surface area (Å²) < 4.78 is 20.7. The number of hydrogen-bond acceptors (Lipinski definition) is 8. The number of carbonyl (C=O) groups is 1. The van der Waals surface area contributed by atoms with Gasteiger partial charge in [0.25, 0.3) is 0 Å². The van der Waals surface area contributed by atoms with E-state index < -0.39 is 5.82 Å². The van der Waals surface area contributed by atoms with Gasteiger partial charge >= 0.3 is 0 Å². The van der Waals surface area contributed by atoms with Crippen LogP contribution >= 0.6 is 0 Å². The molecule has 0 bridgehead atoms. The molecule has 1 fully saturated rings. The van der Waals surface area contributed by atoms with E-state index >= 15 is 0 Å². The molecule has 2 aromatic carbocycles. The van der Waals surface area contributed by atoms with Crippen LogP contribution in [-0.4, -0.2) is 57.8 Å². The first kappa shape index (κ1) is 22.6. The second-order valence-corrected chi connectivity index (χ2v) is 8.23. The summed E-state index contributed by atoms with van der Waals surface area (Å²) in [4.78, 5) is 28.6. The van der Waals surface area contributed by atoms with Gasteiger partial charge in [0, 0.05) is 18.7 Å². The van der Waals surface area contributed by atoms with E-state index in [-0.39, 0.29) is 17.9 Å². The molecular weight excluding hydrogens is 449 g/mol. The Morgan fingerprint density at radius 3 is 2.80 bits per heavy atom. The smallest absolute Gasteiger partial charge is 0.229 e. The highest BCUT2D eigenvalue weighted by atomic mass is 19.1. The number of hydrogen-bond donors (Lipinski definition) is 1. The summed E-state index contributed by atoms with van der Waals surface area (Å²) in [6.07, 6.45) is 3.24. The lowest BCUT2D eigenvalue weighted by Crippen LogP contribution is -2.37. The van der Waals surface area contributed by atoms with E-state index in [1.807, 2.05) is 36.1 Å². The second-order valence-electron chi connectivity index (χ2n) is 8.23. The fourth-order valence-electron chi connectivity index (χ4n) is 3.86. The minimum atomic E-state index is -0.457. The lowest BCUT2D eigenvalue weighted by Gasteiger charge is -2.27. The van der Waals surface area contributed by atoms with Crippen molar-refractivity contribution in [2.75, 3.05) is 36.6 Å². The van der Waals surface area contributed by atoms with Crippen LogP contribution < -0.4 is 10.3 Å². The Labute approximate surface area is 201 Å². The van der Waals surface area contributed by atoms with Crippen LogP contribution in [0, 0.1) is 12.7 Å². The zero-order chi connectivity index (χ0) is 24.2. The molecule has 1 N–H and O–H groups in total. The number of Topliss-reactive ketones (excluding diaryl/α,β-unsaturated/α-hetero) is 1. The van der Waals surface area contributed by atoms with Crippen molar-refractivity contribution in [2.45, 2.75) is 13.5 Å². The molecule has 5 rings (SSSR count). The minimum absolute atomic E-state index is 0.0362. The second kappa shape index (κ2) is 9.98. The highest BCUT2D eigenvalue weighted by Crippen LogP contribution is 2.24. The van der Waals surface area contributed by atoms with Crippen LogP contribution in [0.15, 0.2) is 60.0 Å². The van der Waals surface area contributed by atoms with Crippen molar-refractivity contribution in [1.29, 1.82) is 0 Å². The maximum absolute atomic E-state index is 13.6. The number of imidazole rings is 1. The molecule has 10 heteroatoms. The molecule has 2 aromatic heterocycles. The molecule has 0 atom stereocenters. The number of rotatable bonds is 7. The van der Waals surface area contributed by atoms with Gasteiger partial charge in [-0.05, 0) is 24.6 Å². The van der Waals surface area contributed by atoms with Gasteiger partial charge in [0.05, 0.1) is 32.3 Å². The lowest BCUT2D eigenvalue weighted by atomic mass is 10.1. The predicted octanol–water partition coefficient (Wildman–Crippen LogP) is 3.44. The highest BCUT2D eigenvalue weighted by Gasteiger charge is 2.20. The Kier molecular flexibility index (Phi) is 6.44. The molecule has 9 nitrogen and oxygen atoms in total. The van der Waals surface area contributed by atoms with Crippen LogP contribution in [0.5, 0.6) is 0 Å². The largest absolute Gasteiger partial charge is 0.378 e. The van der Waals surface area contributed by atoms with Gasteiger partial charge in [-0.25, -0.2) is 9.37 Å². The topological polar surface area (TPSA) is 97.5 Å². The summed E-state index contributed by atoms with van der Waals surface area (Å²) >= 11 is 0. The summed E-state index contributed by atoms with van der Waals surface area (Å²) in [7, 11) is 0. The molecule has 0 unspecified atom stereocenters. The first-order chi connectivity index (χ1) is 17.1. The third-order valence-electron chi connectivity index (χ3n) is 5.63. The molecular formula is C25H24FN7O2. The van der Waals surface area contributed by atoms with Gasteiger partial charge in [0.2, 0.25) is 5.95 Å². The maximum Gasteiger partial charge on any atom is 0.229 e. The summed E-state index contributed by atoms with van der Waals surface area (Å²) in [5.74, 6) is 0.217. The Morgan fingerprint density at radius 1 is 1.17 bits per heavy atom. The van der Waals surface area contributed by atoms with E-state index in [0.29, 0.717) is 49.2 Å². The quantitative estimate of drug-likeness (QED) is 0.249. The van der Waals surface area contributed by atoms with Crippen molar-refractivity contribution in [3.05, 3.63) is 77.4 Å². The fraction of sp³-hybridized carbons (Fsp3) is 0.240. The molecule has 35 heavy (non-hydrogen) atoms. The van der Waals surface area contributed by atoms with Crippen LogP contribution in [-0.2, 0) is 11.3 Å². The molecule has 1 saturated heterocycles. The SMILES string of the molecule is Cc1cccc(C=NNc2nc(N3CCOCC3)nc3c2ncn3CC(=O)c2cccc(F)c2)c1. The Bertz CT molecular complexity index is 1400. The first-order valence-corrected chi connectivity index (χ1v) is 11.3. The van der Waals surface area contributed by atoms with Crippen LogP contribution in [0.2, 0.25) is 0 Å². The van der Waals surface area contributed by atoms with Gasteiger partial charge in [0.1, 0.15) is 5.82 Å². The van der Waals surface area contributed by atoms with Crippen molar-refractivity contribution < 1.29 is 13.9 Å². The van der Waals surface area contributed by atoms with Crippen molar-refractivity contribution in [3.8, 4) is 0 Å². The van der Waals surface area contributed by atoms with Crippen LogP contribution in [0.3, 0.4) is 0 Å². The number of carbonyl (C=O) groups excluding carboxylic acids is 1. The summed E-state index contributed by atoms with van der Waals surface area (Å²) in [5.41, 5.74) is 6.33. The van der Waals surface area contributed by atoms with E-state index in [9.17, 15) is 9.18 Å². The number of morpholine rings is 1. The number of ketones is 1. The van der Waals surface area contributed by atoms with Crippen molar-refractivity contribution in [1.82, 2.24) is 19.5 Å². The molecule has 1 aliphatic heterocycles. The number of fused-ring (bicyclic) bond motifs is 1.